The third-order valence-corrected chi connectivity index (χ3v) is 2.52. The molecule has 0 aromatic rings. The van der Waals surface area contributed by atoms with Gasteiger partial charge in [-0.25, -0.2) is 0 Å². The van der Waals surface area contributed by atoms with Crippen LogP contribution in [0.4, 0.5) is 0 Å². The maximum Gasteiger partial charge on any atom is 0.185 e. The monoisotopic (exact) mass is 227 g/mol. The summed E-state index contributed by atoms with van der Waals surface area (Å²) in [7, 11) is 0. The Morgan fingerprint density at radius 3 is 2.87 bits per heavy atom. The first kappa shape index (κ1) is 12.3. The minimum atomic E-state index is 0.370. The lowest BCUT2D eigenvalue weighted by Gasteiger charge is -2.16. The predicted molar refractivity (Wildman–Crippen MR) is 68.3 cm³/mol. The fraction of sp³-hybridized carbons (Fsp3) is 0.727. The van der Waals surface area contributed by atoms with Crippen molar-refractivity contribution in [2.75, 3.05) is 0 Å². The van der Waals surface area contributed by atoms with E-state index in [1.165, 1.54) is 31.4 Å². The number of allylic oxidation sites excluding steroid dienone is 2. The third-order valence-electron chi connectivity index (χ3n) is 2.30. The van der Waals surface area contributed by atoms with Gasteiger partial charge in [-0.15, -0.1) is 0 Å². The summed E-state index contributed by atoms with van der Waals surface area (Å²) >= 11 is 5.12. The first-order valence-electron chi connectivity index (χ1n) is 5.70. The minimum absolute atomic E-state index is 0.370. The van der Waals surface area contributed by atoms with Crippen LogP contribution in [0, 0.1) is 0 Å². The molecule has 1 aliphatic carbocycles. The van der Waals surface area contributed by atoms with Crippen LogP contribution in [0.15, 0.2) is 11.8 Å². The lowest BCUT2D eigenvalue weighted by atomic mass is 10.2. The van der Waals surface area contributed by atoms with Crippen molar-refractivity contribution in [2.24, 2.45) is 0 Å². The molecule has 0 aliphatic heterocycles. The summed E-state index contributed by atoms with van der Waals surface area (Å²) in [5.41, 5.74) is 7.45. The van der Waals surface area contributed by atoms with Gasteiger partial charge in [0.2, 0.25) is 0 Å². The van der Waals surface area contributed by atoms with Gasteiger partial charge < -0.3 is 10.7 Å². The Hall–Kier alpha value is -0.770. The van der Waals surface area contributed by atoms with E-state index in [1.807, 2.05) is 0 Å². The van der Waals surface area contributed by atoms with E-state index in [2.05, 4.69) is 36.1 Å². The Kier molecular flexibility index (Phi) is 5.47. The number of rotatable bonds is 3. The van der Waals surface area contributed by atoms with Crippen molar-refractivity contribution >= 4 is 17.3 Å². The van der Waals surface area contributed by atoms with Crippen LogP contribution in [0.1, 0.15) is 46.0 Å². The van der Waals surface area contributed by atoms with E-state index in [1.54, 1.807) is 0 Å². The van der Waals surface area contributed by atoms with Crippen molar-refractivity contribution in [2.45, 2.75) is 52.0 Å². The van der Waals surface area contributed by atoms with Gasteiger partial charge in [-0.05, 0) is 51.7 Å². The van der Waals surface area contributed by atoms with Crippen molar-refractivity contribution in [3.63, 3.8) is 0 Å². The molecule has 1 aliphatic rings. The Bertz CT molecular complexity index is 236. The average molecular weight is 227 g/mol. The lowest BCUT2D eigenvalue weighted by molar-refractivity contribution is 0.647. The molecular formula is C11H21N3S. The van der Waals surface area contributed by atoms with Gasteiger partial charge in [0, 0.05) is 11.7 Å². The second-order valence-electron chi connectivity index (χ2n) is 4.21. The van der Waals surface area contributed by atoms with Gasteiger partial charge in [0.05, 0.1) is 0 Å². The van der Waals surface area contributed by atoms with Gasteiger partial charge in [-0.3, -0.25) is 5.43 Å². The standard InChI is InChI=1S/C11H21N3S/c1-9(2)12-11(15)14-13-10-7-5-3-4-6-8-10/h7,9,13H,3-6,8H2,1-2H3,(H2,12,14,15). The normalized spacial score (nSPS) is 16.6. The predicted octanol–water partition coefficient (Wildman–Crippen LogP) is 2.21. The van der Waals surface area contributed by atoms with Crippen molar-refractivity contribution < 1.29 is 0 Å². The van der Waals surface area contributed by atoms with Crippen molar-refractivity contribution in [3.8, 4) is 0 Å². The number of hydrazine groups is 1. The summed E-state index contributed by atoms with van der Waals surface area (Å²) < 4.78 is 0. The van der Waals surface area contributed by atoms with Crippen LogP contribution in [0.25, 0.3) is 0 Å². The second-order valence-corrected chi connectivity index (χ2v) is 4.62. The van der Waals surface area contributed by atoms with Crippen molar-refractivity contribution in [3.05, 3.63) is 11.8 Å². The van der Waals surface area contributed by atoms with E-state index in [9.17, 15) is 0 Å². The Labute approximate surface area is 97.7 Å². The SMILES string of the molecule is CC(C)NC(=S)NNC1=CCCCCC1. The molecule has 0 amide bonds. The van der Waals surface area contributed by atoms with Crippen LogP contribution >= 0.6 is 12.2 Å². The van der Waals surface area contributed by atoms with Crippen LogP contribution in [0.5, 0.6) is 0 Å². The van der Waals surface area contributed by atoms with E-state index in [-0.39, 0.29) is 0 Å². The zero-order valence-corrected chi connectivity index (χ0v) is 10.4. The molecule has 0 unspecified atom stereocenters. The summed E-state index contributed by atoms with van der Waals surface area (Å²) in [6.45, 7) is 4.14. The quantitative estimate of drug-likeness (QED) is 0.510. The summed E-state index contributed by atoms with van der Waals surface area (Å²) in [6.07, 6.45) is 8.46. The van der Waals surface area contributed by atoms with Crippen LogP contribution in [-0.2, 0) is 0 Å². The van der Waals surface area contributed by atoms with E-state index in [4.69, 9.17) is 12.2 Å². The molecule has 0 aromatic heterocycles. The third kappa shape index (κ3) is 5.62. The van der Waals surface area contributed by atoms with Crippen LogP contribution in [0.3, 0.4) is 0 Å². The van der Waals surface area contributed by atoms with Gasteiger partial charge in [0.15, 0.2) is 5.11 Å². The maximum atomic E-state index is 5.12. The molecule has 15 heavy (non-hydrogen) atoms. The van der Waals surface area contributed by atoms with Crippen LogP contribution in [-0.4, -0.2) is 11.2 Å². The zero-order valence-electron chi connectivity index (χ0n) is 9.60. The van der Waals surface area contributed by atoms with Crippen molar-refractivity contribution in [1.29, 1.82) is 0 Å². The van der Waals surface area contributed by atoms with Gasteiger partial charge in [0.25, 0.3) is 0 Å². The summed E-state index contributed by atoms with van der Waals surface area (Å²) in [5.74, 6) is 0. The molecule has 0 saturated carbocycles. The van der Waals surface area contributed by atoms with Crippen molar-refractivity contribution in [1.82, 2.24) is 16.2 Å². The highest BCUT2D eigenvalue weighted by molar-refractivity contribution is 7.80. The number of hydrogen-bond acceptors (Lipinski definition) is 2. The topological polar surface area (TPSA) is 36.1 Å². The molecule has 1 rings (SSSR count). The molecule has 0 spiro atoms. The first-order chi connectivity index (χ1) is 7.18. The van der Waals surface area contributed by atoms with Gasteiger partial charge >= 0.3 is 0 Å². The lowest BCUT2D eigenvalue weighted by Crippen LogP contribution is -2.45. The highest BCUT2D eigenvalue weighted by Crippen LogP contribution is 2.14. The molecule has 0 saturated heterocycles. The zero-order chi connectivity index (χ0) is 11.1. The molecule has 0 fully saturated rings. The molecule has 3 N–H and O–H groups in total. The summed E-state index contributed by atoms with van der Waals surface area (Å²) in [4.78, 5) is 0. The maximum absolute atomic E-state index is 5.12. The summed E-state index contributed by atoms with van der Waals surface area (Å²) in [5, 5.41) is 3.79. The molecule has 4 heteroatoms. The molecule has 0 bridgehead atoms. The first-order valence-corrected chi connectivity index (χ1v) is 6.11. The molecule has 0 atom stereocenters. The molecule has 0 radical (unpaired) electrons. The van der Waals surface area contributed by atoms with E-state index in [0.29, 0.717) is 11.2 Å². The highest BCUT2D eigenvalue weighted by atomic mass is 32.1. The molecular weight excluding hydrogens is 206 g/mol. The number of thiocarbonyl (C=S) groups is 1. The minimum Gasteiger partial charge on any atom is -0.359 e. The van der Waals surface area contributed by atoms with E-state index in [0.717, 1.165) is 6.42 Å². The van der Waals surface area contributed by atoms with Gasteiger partial charge in [-0.2, -0.15) is 0 Å². The van der Waals surface area contributed by atoms with Crippen LogP contribution < -0.4 is 16.2 Å². The fourth-order valence-corrected chi connectivity index (χ4v) is 1.85. The van der Waals surface area contributed by atoms with E-state index < -0.39 is 0 Å². The highest BCUT2D eigenvalue weighted by Gasteiger charge is 2.03. The average Bonchev–Trinajstić information content (AvgIpc) is 2.41. The molecule has 0 aromatic carbocycles. The Balaban J connectivity index is 2.23. The van der Waals surface area contributed by atoms with Gasteiger partial charge in [-0.1, -0.05) is 12.5 Å². The van der Waals surface area contributed by atoms with Gasteiger partial charge in [0.1, 0.15) is 0 Å². The molecule has 0 heterocycles. The second kappa shape index (κ2) is 6.67. The fourth-order valence-electron chi connectivity index (χ4n) is 1.56. The number of nitrogens with one attached hydrogen (secondary N) is 3. The molecule has 86 valence electrons. The smallest absolute Gasteiger partial charge is 0.185 e. The van der Waals surface area contributed by atoms with E-state index >= 15 is 0 Å². The Morgan fingerprint density at radius 1 is 1.33 bits per heavy atom. The molecule has 3 nitrogen and oxygen atoms in total. The number of hydrogen-bond donors (Lipinski definition) is 3. The largest absolute Gasteiger partial charge is 0.359 e. The van der Waals surface area contributed by atoms with Crippen LogP contribution in [0.2, 0.25) is 0 Å². The Morgan fingerprint density at radius 2 is 2.13 bits per heavy atom. The summed E-state index contributed by atoms with van der Waals surface area (Å²) in [6, 6.07) is 0.370.